The second-order valence-corrected chi connectivity index (χ2v) is 8.56. The summed E-state index contributed by atoms with van der Waals surface area (Å²) >= 11 is 0. The predicted octanol–water partition coefficient (Wildman–Crippen LogP) is 3.90. The summed E-state index contributed by atoms with van der Waals surface area (Å²) in [5, 5.41) is 5.26. The molecule has 1 aromatic carbocycles. The van der Waals surface area contributed by atoms with Gasteiger partial charge in [-0.25, -0.2) is 5.14 Å². The van der Waals surface area contributed by atoms with E-state index >= 15 is 0 Å². The summed E-state index contributed by atoms with van der Waals surface area (Å²) in [5.41, 5.74) is 0.231. The molecule has 1 atom stereocenters. The van der Waals surface area contributed by atoms with Crippen LogP contribution in [0.15, 0.2) is 30.3 Å². The van der Waals surface area contributed by atoms with Crippen LogP contribution in [0.25, 0.3) is 0 Å². The van der Waals surface area contributed by atoms with E-state index in [2.05, 4.69) is 32.9 Å². The SMILES string of the molecule is CC(C)(C)C(c1ccccc1)C1(OS(N)(=O)=O)CCCCC1.N. The van der Waals surface area contributed by atoms with Gasteiger partial charge in [-0.3, -0.25) is 4.18 Å². The van der Waals surface area contributed by atoms with Crippen molar-refractivity contribution in [3.05, 3.63) is 35.9 Å². The van der Waals surface area contributed by atoms with E-state index < -0.39 is 15.9 Å². The van der Waals surface area contributed by atoms with E-state index in [1.165, 1.54) is 0 Å². The van der Waals surface area contributed by atoms with Crippen LogP contribution >= 0.6 is 0 Å². The molecule has 5 nitrogen and oxygen atoms in total. The van der Waals surface area contributed by atoms with Crippen molar-refractivity contribution in [2.45, 2.75) is 64.4 Å². The number of hydrogen-bond acceptors (Lipinski definition) is 4. The Morgan fingerprint density at radius 3 is 2.04 bits per heavy atom. The summed E-state index contributed by atoms with van der Waals surface area (Å²) in [7, 11) is -4.00. The van der Waals surface area contributed by atoms with Gasteiger partial charge < -0.3 is 6.15 Å². The van der Waals surface area contributed by atoms with Crippen LogP contribution < -0.4 is 11.3 Å². The van der Waals surface area contributed by atoms with Crippen molar-refractivity contribution in [2.24, 2.45) is 10.6 Å². The van der Waals surface area contributed by atoms with Gasteiger partial charge in [0.05, 0.1) is 5.60 Å². The molecule has 5 N–H and O–H groups in total. The van der Waals surface area contributed by atoms with Gasteiger partial charge in [-0.05, 0) is 23.8 Å². The molecule has 1 fully saturated rings. The van der Waals surface area contributed by atoms with Crippen molar-refractivity contribution in [2.75, 3.05) is 0 Å². The topological polar surface area (TPSA) is 104 Å². The fourth-order valence-corrected chi connectivity index (χ4v) is 4.77. The Morgan fingerprint density at radius 2 is 1.61 bits per heavy atom. The lowest BCUT2D eigenvalue weighted by atomic mass is 9.63. The predicted molar refractivity (Wildman–Crippen MR) is 93.7 cm³/mol. The largest absolute Gasteiger partial charge is 0.344 e. The third-order valence-corrected chi connectivity index (χ3v) is 5.07. The van der Waals surface area contributed by atoms with Crippen LogP contribution in [0.5, 0.6) is 0 Å². The molecule has 0 amide bonds. The maximum absolute atomic E-state index is 11.7. The monoisotopic (exact) mass is 342 g/mol. The molecule has 2 rings (SSSR count). The van der Waals surface area contributed by atoms with Crippen molar-refractivity contribution >= 4 is 10.3 Å². The smallest absolute Gasteiger partial charge is 0.333 e. The molecule has 0 aromatic heterocycles. The highest BCUT2D eigenvalue weighted by atomic mass is 32.2. The standard InChI is InChI=1S/C17H27NO3S.H3N/c1-16(2,3)15(14-10-6-4-7-11-14)17(21-22(18,19)20)12-8-5-9-13-17;/h4,6-7,10-11,15H,5,8-9,12-13H2,1-3H3,(H2,18,19,20);1H3. The lowest BCUT2D eigenvalue weighted by molar-refractivity contribution is -0.0245. The molecule has 0 heterocycles. The zero-order chi connectivity index (χ0) is 16.4. The summed E-state index contributed by atoms with van der Waals surface area (Å²) in [5.74, 6) is -0.0279. The van der Waals surface area contributed by atoms with E-state index in [0.717, 1.165) is 37.7 Å². The average Bonchev–Trinajstić information content (AvgIpc) is 2.37. The van der Waals surface area contributed by atoms with Gasteiger partial charge in [-0.1, -0.05) is 70.4 Å². The summed E-state index contributed by atoms with van der Waals surface area (Å²) in [6.45, 7) is 6.40. The highest BCUT2D eigenvalue weighted by molar-refractivity contribution is 7.84. The Morgan fingerprint density at radius 1 is 1.09 bits per heavy atom. The molecule has 0 bridgehead atoms. The summed E-state index contributed by atoms with van der Waals surface area (Å²) in [6, 6.07) is 10.1. The number of hydrogen-bond donors (Lipinski definition) is 2. The normalized spacial score (nSPS) is 19.7. The molecule has 23 heavy (non-hydrogen) atoms. The molecular formula is C17H30N2O3S. The van der Waals surface area contributed by atoms with Crippen molar-refractivity contribution < 1.29 is 12.6 Å². The second-order valence-electron chi connectivity index (χ2n) is 7.41. The van der Waals surface area contributed by atoms with Crippen LogP contribution in [-0.2, 0) is 14.5 Å². The van der Waals surface area contributed by atoms with Crippen LogP contribution in [0.2, 0.25) is 0 Å². The molecule has 1 aliphatic carbocycles. The lowest BCUT2D eigenvalue weighted by Crippen LogP contribution is -2.48. The molecule has 0 spiro atoms. The second kappa shape index (κ2) is 7.30. The molecule has 1 saturated carbocycles. The molecule has 132 valence electrons. The highest BCUT2D eigenvalue weighted by Gasteiger charge is 2.49. The van der Waals surface area contributed by atoms with Gasteiger partial charge in [0.15, 0.2) is 0 Å². The van der Waals surface area contributed by atoms with Crippen molar-refractivity contribution in [3.63, 3.8) is 0 Å². The third kappa shape index (κ3) is 5.01. The first kappa shape index (κ1) is 20.1. The molecule has 6 heteroatoms. The van der Waals surface area contributed by atoms with Gasteiger partial charge in [0.1, 0.15) is 0 Å². The molecule has 1 aliphatic rings. The summed E-state index contributed by atoms with van der Waals surface area (Å²) in [6.07, 6.45) is 4.49. The maximum atomic E-state index is 11.7. The van der Waals surface area contributed by atoms with Crippen molar-refractivity contribution in [1.82, 2.24) is 6.15 Å². The Kier molecular flexibility index (Phi) is 6.38. The van der Waals surface area contributed by atoms with Gasteiger partial charge in [-0.15, -0.1) is 0 Å². The minimum atomic E-state index is -4.00. The highest BCUT2D eigenvalue weighted by Crippen LogP contribution is 2.51. The van der Waals surface area contributed by atoms with E-state index in [1.807, 2.05) is 18.2 Å². The van der Waals surface area contributed by atoms with E-state index in [-0.39, 0.29) is 17.5 Å². The number of rotatable bonds is 4. The quantitative estimate of drug-likeness (QED) is 0.865. The first-order valence-corrected chi connectivity index (χ1v) is 9.40. The van der Waals surface area contributed by atoms with Crippen molar-refractivity contribution in [1.29, 1.82) is 0 Å². The molecular weight excluding hydrogens is 312 g/mol. The summed E-state index contributed by atoms with van der Waals surface area (Å²) in [4.78, 5) is 0. The van der Waals surface area contributed by atoms with Crippen LogP contribution in [-0.4, -0.2) is 14.0 Å². The van der Waals surface area contributed by atoms with Crippen LogP contribution in [0, 0.1) is 5.41 Å². The van der Waals surface area contributed by atoms with Gasteiger partial charge >= 0.3 is 10.3 Å². The van der Waals surface area contributed by atoms with Crippen LogP contribution in [0.3, 0.4) is 0 Å². The first-order chi connectivity index (χ1) is 10.1. The Bertz CT molecular complexity index is 588. The van der Waals surface area contributed by atoms with Gasteiger partial charge in [-0.2, -0.15) is 8.42 Å². The third-order valence-electron chi connectivity index (χ3n) is 4.51. The molecule has 0 aliphatic heterocycles. The van der Waals surface area contributed by atoms with E-state index in [4.69, 9.17) is 9.32 Å². The maximum Gasteiger partial charge on any atom is 0.333 e. The lowest BCUT2D eigenvalue weighted by Gasteiger charge is -2.48. The molecule has 0 saturated heterocycles. The zero-order valence-electron chi connectivity index (χ0n) is 14.4. The fraction of sp³-hybridized carbons (Fsp3) is 0.647. The van der Waals surface area contributed by atoms with Gasteiger partial charge in [0.25, 0.3) is 0 Å². The van der Waals surface area contributed by atoms with E-state index in [9.17, 15) is 8.42 Å². The van der Waals surface area contributed by atoms with Crippen molar-refractivity contribution in [3.8, 4) is 0 Å². The van der Waals surface area contributed by atoms with Crippen LogP contribution in [0.4, 0.5) is 0 Å². The van der Waals surface area contributed by atoms with Crippen LogP contribution in [0.1, 0.15) is 64.4 Å². The number of benzene rings is 1. The minimum Gasteiger partial charge on any atom is -0.344 e. The Labute approximate surface area is 140 Å². The fourth-order valence-electron chi connectivity index (χ4n) is 4.04. The first-order valence-electron chi connectivity index (χ1n) is 7.92. The average molecular weight is 343 g/mol. The van der Waals surface area contributed by atoms with Gasteiger partial charge in [0, 0.05) is 5.92 Å². The molecule has 1 aromatic rings. The Balaban J connectivity index is 0.00000264. The van der Waals surface area contributed by atoms with E-state index in [1.54, 1.807) is 0 Å². The Hall–Kier alpha value is -0.950. The zero-order valence-corrected chi connectivity index (χ0v) is 15.2. The summed E-state index contributed by atoms with van der Waals surface area (Å²) < 4.78 is 29.0. The molecule has 0 radical (unpaired) electrons. The van der Waals surface area contributed by atoms with Gasteiger partial charge in [0.2, 0.25) is 0 Å². The van der Waals surface area contributed by atoms with E-state index in [0.29, 0.717) is 0 Å². The number of nitrogens with two attached hydrogens (primary N) is 1. The molecule has 1 unspecified atom stereocenters. The minimum absolute atomic E-state index is 0.